The summed E-state index contributed by atoms with van der Waals surface area (Å²) in [6, 6.07) is 64.9. The summed E-state index contributed by atoms with van der Waals surface area (Å²) in [7, 11) is 0. The van der Waals surface area contributed by atoms with E-state index in [-0.39, 0.29) is 0 Å². The molecule has 1 nitrogen and oxygen atoms in total. The molecule has 2 atom stereocenters. The Morgan fingerprint density at radius 1 is 0.420 bits per heavy atom. The van der Waals surface area contributed by atoms with E-state index < -0.39 is 10.8 Å². The minimum absolute atomic E-state index is 0.392. The lowest BCUT2D eigenvalue weighted by Crippen LogP contribution is -2.30. The number of hydrogen-bond donors (Lipinski definition) is 0. The monoisotopic (exact) mass is 636 g/mol. The SMILES string of the molecule is CC1(c2ccccc2)c2ccccc2Oc2cccc(-c3ccc4c(c3)-c3ccccc3C43c4ccccc4-c4c3ccc3ccccc43)c21. The van der Waals surface area contributed by atoms with Crippen LogP contribution in [0.5, 0.6) is 11.5 Å². The summed E-state index contributed by atoms with van der Waals surface area (Å²) in [5.74, 6) is 1.83. The fourth-order valence-corrected chi connectivity index (χ4v) is 9.75. The summed E-state index contributed by atoms with van der Waals surface area (Å²) in [5.41, 5.74) is 16.0. The van der Waals surface area contributed by atoms with Gasteiger partial charge in [-0.1, -0.05) is 158 Å². The van der Waals surface area contributed by atoms with E-state index in [0.717, 1.165) is 11.5 Å². The van der Waals surface area contributed by atoms with E-state index in [1.165, 1.54) is 83.1 Å². The largest absolute Gasteiger partial charge is 0.457 e. The average molecular weight is 637 g/mol. The van der Waals surface area contributed by atoms with Gasteiger partial charge >= 0.3 is 0 Å². The number of rotatable bonds is 2. The van der Waals surface area contributed by atoms with Crippen molar-refractivity contribution in [2.45, 2.75) is 17.8 Å². The third-order valence-corrected chi connectivity index (χ3v) is 11.8. The van der Waals surface area contributed by atoms with Gasteiger partial charge in [-0.2, -0.15) is 0 Å². The molecule has 8 aromatic rings. The van der Waals surface area contributed by atoms with Gasteiger partial charge < -0.3 is 4.74 Å². The van der Waals surface area contributed by atoms with Gasteiger partial charge in [0.2, 0.25) is 0 Å². The Balaban J connectivity index is 1.19. The molecule has 0 fully saturated rings. The van der Waals surface area contributed by atoms with E-state index in [1.54, 1.807) is 0 Å². The van der Waals surface area contributed by atoms with E-state index >= 15 is 0 Å². The van der Waals surface area contributed by atoms with Crippen molar-refractivity contribution in [2.24, 2.45) is 0 Å². The average Bonchev–Trinajstić information content (AvgIpc) is 3.65. The zero-order valence-corrected chi connectivity index (χ0v) is 27.7. The predicted molar refractivity (Wildman–Crippen MR) is 204 cm³/mol. The summed E-state index contributed by atoms with van der Waals surface area (Å²) in [4.78, 5) is 0. The Hall–Kier alpha value is -6.18. The van der Waals surface area contributed by atoms with Crippen LogP contribution in [0.2, 0.25) is 0 Å². The standard InChI is InChI=1S/C49H32O/c1-48(33-15-3-2-4-16-33)42-23-11-12-24-44(42)50-45-25-13-20-35(47(45)48)32-27-28-41-38(30-32)36-18-7-9-21-39(36)49(41)40-22-10-8-19-37(40)46-34-17-6-5-14-31(34)26-29-43(46)49/h2-30H,1H3. The molecule has 234 valence electrons. The molecule has 0 bridgehead atoms. The van der Waals surface area contributed by atoms with Gasteiger partial charge in [-0.15, -0.1) is 0 Å². The van der Waals surface area contributed by atoms with Crippen molar-refractivity contribution in [3.05, 3.63) is 215 Å². The molecule has 0 amide bonds. The molecule has 1 heteroatoms. The molecular weight excluding hydrogens is 605 g/mol. The Kier molecular flexibility index (Phi) is 5.51. The summed E-state index contributed by atoms with van der Waals surface area (Å²) in [6.07, 6.45) is 0. The van der Waals surface area contributed by atoms with Gasteiger partial charge in [-0.25, -0.2) is 0 Å². The van der Waals surface area contributed by atoms with Gasteiger partial charge in [0, 0.05) is 11.1 Å². The minimum atomic E-state index is -0.412. The zero-order chi connectivity index (χ0) is 33.0. The van der Waals surface area contributed by atoms with Gasteiger partial charge in [0.25, 0.3) is 0 Å². The highest BCUT2D eigenvalue weighted by atomic mass is 16.5. The van der Waals surface area contributed by atoms with Crippen LogP contribution in [0.1, 0.15) is 45.9 Å². The Morgan fingerprint density at radius 2 is 1.04 bits per heavy atom. The van der Waals surface area contributed by atoms with Crippen LogP contribution in [-0.4, -0.2) is 0 Å². The first-order valence-electron chi connectivity index (χ1n) is 17.5. The zero-order valence-electron chi connectivity index (χ0n) is 27.7. The number of ether oxygens (including phenoxy) is 1. The normalized spacial score (nSPS) is 18.8. The van der Waals surface area contributed by atoms with Crippen molar-refractivity contribution in [3.8, 4) is 44.9 Å². The molecule has 0 saturated carbocycles. The van der Waals surface area contributed by atoms with E-state index in [0.29, 0.717) is 0 Å². The Labute approximate surface area is 292 Å². The van der Waals surface area contributed by atoms with Crippen molar-refractivity contribution in [2.75, 3.05) is 0 Å². The maximum atomic E-state index is 6.69. The van der Waals surface area contributed by atoms with Crippen LogP contribution in [0.15, 0.2) is 176 Å². The Bertz CT molecular complexity index is 2700. The molecule has 0 saturated heterocycles. The maximum Gasteiger partial charge on any atom is 0.132 e. The predicted octanol–water partition coefficient (Wildman–Crippen LogP) is 12.3. The summed E-state index contributed by atoms with van der Waals surface area (Å²) < 4.78 is 6.69. The van der Waals surface area contributed by atoms with Crippen molar-refractivity contribution in [3.63, 3.8) is 0 Å². The first kappa shape index (κ1) is 27.7. The minimum Gasteiger partial charge on any atom is -0.457 e. The molecule has 3 aliphatic rings. The van der Waals surface area contributed by atoms with Gasteiger partial charge in [0.1, 0.15) is 11.5 Å². The molecule has 2 unspecified atom stereocenters. The first-order valence-corrected chi connectivity index (χ1v) is 17.5. The molecule has 8 aromatic carbocycles. The number of fused-ring (bicyclic) bond motifs is 14. The van der Waals surface area contributed by atoms with Crippen LogP contribution in [0.3, 0.4) is 0 Å². The topological polar surface area (TPSA) is 9.23 Å². The van der Waals surface area contributed by atoms with Crippen LogP contribution in [0.4, 0.5) is 0 Å². The molecule has 11 rings (SSSR count). The van der Waals surface area contributed by atoms with Crippen LogP contribution < -0.4 is 4.74 Å². The van der Waals surface area contributed by atoms with Crippen LogP contribution in [0, 0.1) is 0 Å². The van der Waals surface area contributed by atoms with Gasteiger partial charge in [-0.3, -0.25) is 0 Å². The molecular formula is C49H32O. The van der Waals surface area contributed by atoms with Gasteiger partial charge in [-0.05, 0) is 97.1 Å². The smallest absolute Gasteiger partial charge is 0.132 e. The van der Waals surface area contributed by atoms with E-state index in [9.17, 15) is 0 Å². The number of benzene rings is 8. The summed E-state index contributed by atoms with van der Waals surface area (Å²) in [6.45, 7) is 2.36. The van der Waals surface area contributed by atoms with E-state index in [2.05, 4.69) is 183 Å². The first-order chi connectivity index (χ1) is 24.7. The van der Waals surface area contributed by atoms with Crippen molar-refractivity contribution in [1.82, 2.24) is 0 Å². The van der Waals surface area contributed by atoms with Crippen molar-refractivity contribution in [1.29, 1.82) is 0 Å². The molecule has 0 N–H and O–H groups in total. The highest BCUT2D eigenvalue weighted by molar-refractivity contribution is 6.06. The second-order valence-corrected chi connectivity index (χ2v) is 14.1. The molecule has 1 heterocycles. The highest BCUT2D eigenvalue weighted by Gasteiger charge is 2.52. The molecule has 50 heavy (non-hydrogen) atoms. The lowest BCUT2D eigenvalue weighted by atomic mass is 9.67. The second kappa shape index (κ2) is 9.94. The fraction of sp³-hybridized carbons (Fsp3) is 0.0612. The Morgan fingerprint density at radius 3 is 1.90 bits per heavy atom. The van der Waals surface area contributed by atoms with Crippen LogP contribution in [-0.2, 0) is 10.8 Å². The van der Waals surface area contributed by atoms with E-state index in [1.807, 2.05) is 0 Å². The third kappa shape index (κ3) is 3.37. The molecule has 1 aliphatic heterocycles. The van der Waals surface area contributed by atoms with Gasteiger partial charge in [0.05, 0.1) is 10.8 Å². The summed E-state index contributed by atoms with van der Waals surface area (Å²) in [5, 5.41) is 2.59. The lowest BCUT2D eigenvalue weighted by Gasteiger charge is -2.39. The number of para-hydroxylation sites is 1. The fourth-order valence-electron chi connectivity index (χ4n) is 9.75. The maximum absolute atomic E-state index is 6.69. The third-order valence-electron chi connectivity index (χ3n) is 11.8. The lowest BCUT2D eigenvalue weighted by molar-refractivity contribution is 0.428. The highest BCUT2D eigenvalue weighted by Crippen LogP contribution is 2.64. The van der Waals surface area contributed by atoms with Gasteiger partial charge in [0.15, 0.2) is 0 Å². The van der Waals surface area contributed by atoms with E-state index in [4.69, 9.17) is 4.74 Å². The van der Waals surface area contributed by atoms with Crippen molar-refractivity contribution < 1.29 is 4.74 Å². The molecule has 0 radical (unpaired) electrons. The number of hydrogen-bond acceptors (Lipinski definition) is 1. The second-order valence-electron chi connectivity index (χ2n) is 14.1. The molecule has 1 spiro atoms. The van der Waals surface area contributed by atoms with Crippen LogP contribution in [0.25, 0.3) is 44.2 Å². The molecule has 0 aromatic heterocycles. The van der Waals surface area contributed by atoms with Crippen molar-refractivity contribution >= 4 is 10.8 Å². The quantitative estimate of drug-likeness (QED) is 0.183. The molecule has 2 aliphatic carbocycles. The van der Waals surface area contributed by atoms with Crippen LogP contribution >= 0.6 is 0 Å². The summed E-state index contributed by atoms with van der Waals surface area (Å²) >= 11 is 0.